The summed E-state index contributed by atoms with van der Waals surface area (Å²) in [6, 6.07) is 9.96. The van der Waals surface area contributed by atoms with Gasteiger partial charge in [0.1, 0.15) is 0 Å². The quantitative estimate of drug-likeness (QED) is 0.938. The van der Waals surface area contributed by atoms with Crippen LogP contribution in [0, 0.1) is 0 Å². The molecule has 1 aromatic carbocycles. The van der Waals surface area contributed by atoms with Crippen LogP contribution in [0.15, 0.2) is 36.5 Å². The molecule has 1 unspecified atom stereocenters. The number of hydrogen-bond donors (Lipinski definition) is 1. The van der Waals surface area contributed by atoms with Crippen LogP contribution in [0.4, 0.5) is 5.69 Å². The highest BCUT2D eigenvalue weighted by Crippen LogP contribution is 2.24. The van der Waals surface area contributed by atoms with Gasteiger partial charge >= 0.3 is 0 Å². The molecule has 0 saturated carbocycles. The summed E-state index contributed by atoms with van der Waals surface area (Å²) in [6.07, 6.45) is 4.81. The number of nitrogens with one attached hydrogen (secondary N) is 1. The predicted molar refractivity (Wildman–Crippen MR) is 85.4 cm³/mol. The van der Waals surface area contributed by atoms with Gasteiger partial charge in [-0.1, -0.05) is 13.0 Å². The van der Waals surface area contributed by atoms with Crippen LogP contribution in [0.3, 0.4) is 0 Å². The molecule has 0 bridgehead atoms. The highest BCUT2D eigenvalue weighted by atomic mass is 16.2. The molecule has 1 aliphatic heterocycles. The lowest BCUT2D eigenvalue weighted by molar-refractivity contribution is -0.121. The smallest absolute Gasteiger partial charge is 0.244 e. The van der Waals surface area contributed by atoms with Gasteiger partial charge in [-0.25, -0.2) is 0 Å². The predicted octanol–water partition coefficient (Wildman–Crippen LogP) is 2.73. The van der Waals surface area contributed by atoms with Crippen molar-refractivity contribution in [2.24, 2.45) is 0 Å². The molecule has 2 heterocycles. The molecule has 1 saturated heterocycles. The van der Waals surface area contributed by atoms with Crippen molar-refractivity contribution in [1.29, 1.82) is 0 Å². The molecule has 0 aliphatic carbocycles. The summed E-state index contributed by atoms with van der Waals surface area (Å²) >= 11 is 0. The summed E-state index contributed by atoms with van der Waals surface area (Å²) in [6.45, 7) is 3.81. The number of fused-ring (bicyclic) bond motifs is 1. The van der Waals surface area contributed by atoms with E-state index in [9.17, 15) is 4.79 Å². The lowest BCUT2D eigenvalue weighted by Crippen LogP contribution is -2.51. The largest absolute Gasteiger partial charge is 0.311 e. The van der Waals surface area contributed by atoms with Crippen LogP contribution in [0.5, 0.6) is 0 Å². The fraction of sp³-hybridized carbons (Fsp3) is 0.412. The Morgan fingerprint density at radius 3 is 3.14 bits per heavy atom. The summed E-state index contributed by atoms with van der Waals surface area (Å²) < 4.78 is 0. The highest BCUT2D eigenvalue weighted by molar-refractivity contribution is 5.99. The van der Waals surface area contributed by atoms with E-state index in [4.69, 9.17) is 0 Å². The Balaban J connectivity index is 1.85. The summed E-state index contributed by atoms with van der Waals surface area (Å²) in [5.74, 6) is 0.193. The zero-order valence-electron chi connectivity index (χ0n) is 12.4. The maximum atomic E-state index is 12.6. The van der Waals surface area contributed by atoms with Crippen LogP contribution in [0.2, 0.25) is 0 Å². The number of aromatic nitrogens is 1. The molecule has 0 spiro atoms. The second kappa shape index (κ2) is 6.22. The van der Waals surface area contributed by atoms with Crippen LogP contribution >= 0.6 is 0 Å². The molecule has 1 atom stereocenters. The van der Waals surface area contributed by atoms with Gasteiger partial charge in [0.15, 0.2) is 0 Å². The van der Waals surface area contributed by atoms with E-state index in [2.05, 4.69) is 23.3 Å². The Kier molecular flexibility index (Phi) is 4.15. The van der Waals surface area contributed by atoms with E-state index in [1.165, 1.54) is 0 Å². The molecule has 21 heavy (non-hydrogen) atoms. The zero-order chi connectivity index (χ0) is 14.7. The van der Waals surface area contributed by atoms with E-state index in [0.29, 0.717) is 0 Å². The fourth-order valence-corrected chi connectivity index (χ4v) is 2.87. The number of pyridine rings is 1. The van der Waals surface area contributed by atoms with Crippen LogP contribution in [-0.2, 0) is 4.79 Å². The fourth-order valence-electron chi connectivity index (χ4n) is 2.87. The lowest BCUT2D eigenvalue weighted by Gasteiger charge is -2.33. The van der Waals surface area contributed by atoms with Crippen molar-refractivity contribution >= 4 is 22.5 Å². The zero-order valence-corrected chi connectivity index (χ0v) is 12.4. The van der Waals surface area contributed by atoms with Gasteiger partial charge in [0, 0.05) is 23.8 Å². The molecule has 1 fully saturated rings. The second-order valence-electron chi connectivity index (χ2n) is 5.52. The third-order valence-electron chi connectivity index (χ3n) is 3.98. The molecule has 1 amide bonds. The summed E-state index contributed by atoms with van der Waals surface area (Å²) in [7, 11) is 0. The SMILES string of the molecule is CCCNC1CCCN(c2ccc3ncccc3c2)C1=O. The number of nitrogens with zero attached hydrogens (tertiary/aromatic N) is 2. The highest BCUT2D eigenvalue weighted by Gasteiger charge is 2.29. The van der Waals surface area contributed by atoms with Crippen LogP contribution in [-0.4, -0.2) is 30.0 Å². The first-order valence-electron chi connectivity index (χ1n) is 7.69. The molecular weight excluding hydrogens is 262 g/mol. The lowest BCUT2D eigenvalue weighted by atomic mass is 10.0. The van der Waals surface area contributed by atoms with E-state index < -0.39 is 0 Å². The van der Waals surface area contributed by atoms with Crippen LogP contribution in [0.1, 0.15) is 26.2 Å². The Hall–Kier alpha value is -1.94. The first-order valence-corrected chi connectivity index (χ1v) is 7.69. The number of carbonyl (C=O) groups is 1. The molecule has 4 heteroatoms. The van der Waals surface area contributed by atoms with Gasteiger partial charge in [-0.15, -0.1) is 0 Å². The normalized spacial score (nSPS) is 19.2. The maximum absolute atomic E-state index is 12.6. The van der Waals surface area contributed by atoms with Crippen LogP contribution in [0.25, 0.3) is 10.9 Å². The summed E-state index contributed by atoms with van der Waals surface area (Å²) in [5.41, 5.74) is 1.94. The molecule has 1 aliphatic rings. The van der Waals surface area contributed by atoms with Crippen molar-refractivity contribution < 1.29 is 4.79 Å². The number of piperidine rings is 1. The van der Waals surface area contributed by atoms with Gasteiger partial charge in [0.25, 0.3) is 0 Å². The number of amides is 1. The minimum atomic E-state index is -0.0386. The summed E-state index contributed by atoms with van der Waals surface area (Å²) in [4.78, 5) is 18.8. The molecule has 1 aromatic heterocycles. The van der Waals surface area contributed by atoms with E-state index in [-0.39, 0.29) is 11.9 Å². The molecular formula is C17H21N3O. The Bertz CT molecular complexity index is 641. The number of carbonyl (C=O) groups excluding carboxylic acids is 1. The van der Waals surface area contributed by atoms with Gasteiger partial charge in [-0.2, -0.15) is 0 Å². The number of benzene rings is 1. The number of hydrogen-bond acceptors (Lipinski definition) is 3. The average molecular weight is 283 g/mol. The summed E-state index contributed by atoms with van der Waals surface area (Å²) in [5, 5.41) is 4.43. The molecule has 0 radical (unpaired) electrons. The maximum Gasteiger partial charge on any atom is 0.244 e. The van der Waals surface area contributed by atoms with Crippen molar-refractivity contribution in [3.8, 4) is 0 Å². The van der Waals surface area contributed by atoms with Crippen molar-refractivity contribution in [3.63, 3.8) is 0 Å². The average Bonchev–Trinajstić information content (AvgIpc) is 2.53. The van der Waals surface area contributed by atoms with Gasteiger partial charge in [-0.3, -0.25) is 9.78 Å². The molecule has 1 N–H and O–H groups in total. The first kappa shape index (κ1) is 14.0. The Morgan fingerprint density at radius 1 is 1.38 bits per heavy atom. The topological polar surface area (TPSA) is 45.2 Å². The van der Waals surface area contributed by atoms with Gasteiger partial charge < -0.3 is 10.2 Å². The minimum Gasteiger partial charge on any atom is -0.311 e. The minimum absolute atomic E-state index is 0.0386. The van der Waals surface area contributed by atoms with Crippen molar-refractivity contribution in [3.05, 3.63) is 36.5 Å². The number of rotatable bonds is 4. The van der Waals surface area contributed by atoms with Crippen molar-refractivity contribution in [2.75, 3.05) is 18.0 Å². The Labute approximate surface area is 125 Å². The first-order chi connectivity index (χ1) is 10.3. The molecule has 110 valence electrons. The van der Waals surface area contributed by atoms with Crippen molar-refractivity contribution in [2.45, 2.75) is 32.2 Å². The van der Waals surface area contributed by atoms with Crippen LogP contribution < -0.4 is 10.2 Å². The second-order valence-corrected chi connectivity index (χ2v) is 5.52. The standard InChI is InChI=1S/C17H21N3O/c1-2-9-18-16-6-4-11-20(17(16)21)14-7-8-15-13(12-14)5-3-10-19-15/h3,5,7-8,10,12,16,18H,2,4,6,9,11H2,1H3. The molecule has 4 nitrogen and oxygen atoms in total. The third-order valence-corrected chi connectivity index (χ3v) is 3.98. The Morgan fingerprint density at radius 2 is 2.29 bits per heavy atom. The van der Waals surface area contributed by atoms with Crippen molar-refractivity contribution in [1.82, 2.24) is 10.3 Å². The van der Waals surface area contributed by atoms with E-state index >= 15 is 0 Å². The van der Waals surface area contributed by atoms with Gasteiger partial charge in [0.2, 0.25) is 5.91 Å². The molecule has 3 rings (SSSR count). The monoisotopic (exact) mass is 283 g/mol. The molecule has 2 aromatic rings. The van der Waals surface area contributed by atoms with E-state index in [1.54, 1.807) is 6.20 Å². The van der Waals surface area contributed by atoms with E-state index in [0.717, 1.165) is 48.9 Å². The van der Waals surface area contributed by atoms with E-state index in [1.807, 2.05) is 29.2 Å². The third kappa shape index (κ3) is 2.90. The van der Waals surface area contributed by atoms with Gasteiger partial charge in [-0.05, 0) is 50.1 Å². The number of anilines is 1. The van der Waals surface area contributed by atoms with Gasteiger partial charge in [0.05, 0.1) is 11.6 Å².